The number of fused-ring (bicyclic) bond motifs is 2. The monoisotopic (exact) mass is 439 g/mol. The van der Waals surface area contributed by atoms with E-state index in [0.717, 1.165) is 49.7 Å². The SMILES string of the molecule is CC(=O)N(C)Cc1ccc(S(N)(=O)=NC(=O)Cc2c3c(cc4c2CCC4)CCC3)cc1. The highest BCUT2D eigenvalue weighted by Gasteiger charge is 2.25. The van der Waals surface area contributed by atoms with Crippen molar-refractivity contribution < 1.29 is 13.8 Å². The molecule has 2 aromatic rings. The molecule has 0 fully saturated rings. The third kappa shape index (κ3) is 4.57. The zero-order valence-electron chi connectivity index (χ0n) is 18.1. The summed E-state index contributed by atoms with van der Waals surface area (Å²) in [5.41, 5.74) is 7.32. The first-order chi connectivity index (χ1) is 14.7. The molecule has 1 unspecified atom stereocenters. The maximum Gasteiger partial charge on any atom is 0.259 e. The van der Waals surface area contributed by atoms with E-state index in [1.165, 1.54) is 29.2 Å². The van der Waals surface area contributed by atoms with E-state index < -0.39 is 15.8 Å². The zero-order valence-corrected chi connectivity index (χ0v) is 19.0. The Morgan fingerprint density at radius 3 is 2.16 bits per heavy atom. The van der Waals surface area contributed by atoms with Gasteiger partial charge in [0.25, 0.3) is 5.91 Å². The number of rotatable bonds is 5. The van der Waals surface area contributed by atoms with Gasteiger partial charge < -0.3 is 4.90 Å². The molecule has 6 nitrogen and oxygen atoms in total. The van der Waals surface area contributed by atoms with Crippen molar-refractivity contribution in [3.05, 3.63) is 63.7 Å². The van der Waals surface area contributed by atoms with Crippen LogP contribution in [-0.4, -0.2) is 28.0 Å². The second-order valence-electron chi connectivity index (χ2n) is 8.59. The summed E-state index contributed by atoms with van der Waals surface area (Å²) in [7, 11) is -1.61. The van der Waals surface area contributed by atoms with E-state index in [2.05, 4.69) is 10.4 Å². The van der Waals surface area contributed by atoms with E-state index in [1.807, 2.05) is 0 Å². The minimum atomic E-state index is -3.32. The third-order valence-corrected chi connectivity index (χ3v) is 7.80. The molecule has 0 aromatic heterocycles. The molecule has 2 aliphatic rings. The van der Waals surface area contributed by atoms with E-state index >= 15 is 0 Å². The van der Waals surface area contributed by atoms with Gasteiger partial charge in [0.1, 0.15) is 9.92 Å². The van der Waals surface area contributed by atoms with Crippen molar-refractivity contribution in [2.24, 2.45) is 9.50 Å². The molecule has 0 bridgehead atoms. The number of hydrogen-bond acceptors (Lipinski definition) is 3. The van der Waals surface area contributed by atoms with Gasteiger partial charge in [-0.3, -0.25) is 9.59 Å². The summed E-state index contributed by atoms with van der Waals surface area (Å²) in [4.78, 5) is 26.1. The van der Waals surface area contributed by atoms with Crippen LogP contribution < -0.4 is 5.14 Å². The van der Waals surface area contributed by atoms with Crippen molar-refractivity contribution in [1.29, 1.82) is 0 Å². The average molecular weight is 440 g/mol. The molecule has 0 aliphatic heterocycles. The molecule has 0 heterocycles. The van der Waals surface area contributed by atoms with E-state index in [0.29, 0.717) is 11.4 Å². The number of nitrogens with zero attached hydrogens (tertiary/aromatic N) is 2. The summed E-state index contributed by atoms with van der Waals surface area (Å²) in [6.45, 7) is 1.95. The molecule has 4 rings (SSSR count). The highest BCUT2D eigenvalue weighted by atomic mass is 32.2. The minimum Gasteiger partial charge on any atom is -0.342 e. The van der Waals surface area contributed by atoms with Gasteiger partial charge in [0, 0.05) is 20.5 Å². The molecule has 164 valence electrons. The van der Waals surface area contributed by atoms with E-state index in [9.17, 15) is 13.8 Å². The maximum absolute atomic E-state index is 13.0. The van der Waals surface area contributed by atoms with Crippen molar-refractivity contribution in [3.63, 3.8) is 0 Å². The lowest BCUT2D eigenvalue weighted by molar-refractivity contribution is -0.128. The van der Waals surface area contributed by atoms with Gasteiger partial charge in [-0.1, -0.05) is 18.2 Å². The number of amides is 2. The molecule has 0 saturated heterocycles. The standard InChI is InChI=1S/C24H29N3O3S/c1-16(28)27(2)15-17-9-11-20(12-10-17)31(25,30)26-24(29)14-23-21-7-3-5-18(21)13-19-6-4-8-22(19)23/h9-13H,3-8,14-15H2,1-2H3,(H2,25,26,29,30). The number of carbonyl (C=O) groups excluding carboxylic acids is 2. The first-order valence-corrected chi connectivity index (χ1v) is 12.4. The highest BCUT2D eigenvalue weighted by Crippen LogP contribution is 2.35. The van der Waals surface area contributed by atoms with Crippen LogP contribution in [0.15, 0.2) is 39.6 Å². The third-order valence-electron chi connectivity index (χ3n) is 6.38. The molecular formula is C24H29N3O3S. The Balaban J connectivity index is 1.56. The lowest BCUT2D eigenvalue weighted by Gasteiger charge is -2.15. The van der Waals surface area contributed by atoms with Gasteiger partial charge in [0.15, 0.2) is 0 Å². The van der Waals surface area contributed by atoms with E-state index in [1.54, 1.807) is 36.2 Å². The summed E-state index contributed by atoms with van der Waals surface area (Å²) in [6, 6.07) is 9.10. The molecule has 1 atom stereocenters. The molecule has 0 spiro atoms. The predicted octanol–water partition coefficient (Wildman–Crippen LogP) is 3.11. The largest absolute Gasteiger partial charge is 0.342 e. The van der Waals surface area contributed by atoms with Gasteiger partial charge in [-0.2, -0.15) is 0 Å². The second kappa shape index (κ2) is 8.55. The van der Waals surface area contributed by atoms with Crippen molar-refractivity contribution in [1.82, 2.24) is 4.90 Å². The number of hydrogen-bond donors (Lipinski definition) is 1. The molecular weight excluding hydrogens is 410 g/mol. The van der Waals surface area contributed by atoms with Gasteiger partial charge in [-0.05, 0) is 84.0 Å². The average Bonchev–Trinajstić information content (AvgIpc) is 3.37. The lowest BCUT2D eigenvalue weighted by atomic mass is 9.92. The fraction of sp³-hybridized carbons (Fsp3) is 0.417. The Kier molecular flexibility index (Phi) is 5.99. The summed E-state index contributed by atoms with van der Waals surface area (Å²) in [5.74, 6) is -0.464. The Morgan fingerprint density at radius 1 is 1.03 bits per heavy atom. The fourth-order valence-electron chi connectivity index (χ4n) is 4.71. The first-order valence-electron chi connectivity index (χ1n) is 10.8. The van der Waals surface area contributed by atoms with Crippen molar-refractivity contribution >= 4 is 21.7 Å². The molecule has 0 radical (unpaired) electrons. The smallest absolute Gasteiger partial charge is 0.259 e. The van der Waals surface area contributed by atoms with Gasteiger partial charge in [-0.15, -0.1) is 4.36 Å². The molecule has 7 heteroatoms. The first kappa shape index (κ1) is 21.7. The summed E-state index contributed by atoms with van der Waals surface area (Å²) < 4.78 is 17.0. The van der Waals surface area contributed by atoms with E-state index in [4.69, 9.17) is 5.14 Å². The maximum atomic E-state index is 13.0. The number of carbonyl (C=O) groups is 2. The molecule has 0 saturated carbocycles. The minimum absolute atomic E-state index is 0.0359. The predicted molar refractivity (Wildman–Crippen MR) is 121 cm³/mol. The highest BCUT2D eigenvalue weighted by molar-refractivity contribution is 7.91. The molecule has 2 amide bonds. The van der Waals surface area contributed by atoms with Crippen LogP contribution in [0.5, 0.6) is 0 Å². The van der Waals surface area contributed by atoms with Crippen LogP contribution in [0.4, 0.5) is 0 Å². The normalized spacial score (nSPS) is 16.4. The molecule has 2 aliphatic carbocycles. The van der Waals surface area contributed by atoms with Gasteiger partial charge in [0.2, 0.25) is 5.91 Å². The van der Waals surface area contributed by atoms with Gasteiger partial charge in [-0.25, -0.2) is 9.35 Å². The molecule has 2 aromatic carbocycles. The Labute approximate surface area is 184 Å². The van der Waals surface area contributed by atoms with Gasteiger partial charge >= 0.3 is 0 Å². The summed E-state index contributed by atoms with van der Waals surface area (Å²) in [5, 5.41) is 5.99. The number of nitrogens with two attached hydrogens (primary N) is 1. The fourth-order valence-corrected chi connectivity index (χ4v) is 5.71. The van der Waals surface area contributed by atoms with Crippen molar-refractivity contribution in [2.75, 3.05) is 7.05 Å². The Bertz CT molecular complexity index is 1130. The number of benzene rings is 2. The van der Waals surface area contributed by atoms with Crippen LogP contribution in [0.2, 0.25) is 0 Å². The molecule has 31 heavy (non-hydrogen) atoms. The summed E-state index contributed by atoms with van der Waals surface area (Å²) >= 11 is 0. The van der Waals surface area contributed by atoms with E-state index in [-0.39, 0.29) is 12.3 Å². The topological polar surface area (TPSA) is 92.8 Å². The van der Waals surface area contributed by atoms with Crippen molar-refractivity contribution in [2.45, 2.75) is 63.3 Å². The van der Waals surface area contributed by atoms with Crippen molar-refractivity contribution in [3.8, 4) is 0 Å². The van der Waals surface area contributed by atoms with Crippen LogP contribution in [-0.2, 0) is 58.2 Å². The quantitative estimate of drug-likeness (QED) is 0.776. The van der Waals surface area contributed by atoms with Crippen LogP contribution in [0, 0.1) is 0 Å². The zero-order chi connectivity index (χ0) is 22.2. The van der Waals surface area contributed by atoms with Crippen LogP contribution >= 0.6 is 0 Å². The molecule has 2 N–H and O–H groups in total. The van der Waals surface area contributed by atoms with Gasteiger partial charge in [0.05, 0.1) is 11.3 Å². The Hall–Kier alpha value is -2.51. The van der Waals surface area contributed by atoms with Crippen LogP contribution in [0.3, 0.4) is 0 Å². The second-order valence-corrected chi connectivity index (χ2v) is 10.4. The van der Waals surface area contributed by atoms with Crippen LogP contribution in [0.25, 0.3) is 0 Å². The lowest BCUT2D eigenvalue weighted by Crippen LogP contribution is -2.23. The number of aryl methyl sites for hydroxylation is 2. The van der Waals surface area contributed by atoms with Crippen LogP contribution in [0.1, 0.15) is 53.1 Å². The Morgan fingerprint density at radius 2 is 1.61 bits per heavy atom. The summed E-state index contributed by atoms with van der Waals surface area (Å²) in [6.07, 6.45) is 6.55.